The first kappa shape index (κ1) is 16.7. The van der Waals surface area contributed by atoms with E-state index in [1.54, 1.807) is 0 Å². The molecule has 1 aromatic heterocycles. The summed E-state index contributed by atoms with van der Waals surface area (Å²) in [7, 11) is 0.779. The molecule has 3 nitrogen and oxygen atoms in total. The smallest absolute Gasteiger partial charge is 0.253 e. The molecule has 0 radical (unpaired) electrons. The fraction of sp³-hybridized carbons (Fsp3) is 0.750. The fourth-order valence-corrected chi connectivity index (χ4v) is 2.35. The first-order valence-electron chi connectivity index (χ1n) is 6.05. The van der Waals surface area contributed by atoms with Crippen LogP contribution in [0, 0.1) is 6.92 Å². The zero-order chi connectivity index (χ0) is 12.2. The molecule has 0 spiro atoms. The average Bonchev–Trinajstić information content (AvgIpc) is 2.47. The second-order valence-electron chi connectivity index (χ2n) is 5.32. The molecule has 1 heterocycles. The number of rotatable bonds is 6. The molecule has 0 amide bonds. The van der Waals surface area contributed by atoms with Gasteiger partial charge in [0.05, 0.1) is 13.6 Å². The van der Waals surface area contributed by atoms with Crippen molar-refractivity contribution in [3.05, 3.63) is 18.2 Å². The molecular weight excluding hydrogens is 252 g/mol. The number of nitrogens with zero attached hydrogens (tertiary/aromatic N) is 2. The molecule has 1 rings (SSSR count). The summed E-state index contributed by atoms with van der Waals surface area (Å²) in [6.45, 7) is 10.9. The Kier molecular flexibility index (Phi) is 7.05. The van der Waals surface area contributed by atoms with Crippen LogP contribution in [0.25, 0.3) is 0 Å². The SMILES string of the molecule is Cc1n(CCCCO[Si](C)(C)C)cc[n+]1C.[Cl-]. The van der Waals surface area contributed by atoms with Gasteiger partial charge in [-0.1, -0.05) is 0 Å². The average molecular weight is 277 g/mol. The van der Waals surface area contributed by atoms with Gasteiger partial charge in [0, 0.05) is 13.5 Å². The third-order valence-electron chi connectivity index (χ3n) is 2.72. The van der Waals surface area contributed by atoms with E-state index in [2.05, 4.69) is 55.1 Å². The van der Waals surface area contributed by atoms with E-state index in [0.717, 1.165) is 19.6 Å². The van der Waals surface area contributed by atoms with E-state index in [4.69, 9.17) is 4.43 Å². The maximum Gasteiger partial charge on any atom is 0.253 e. The first-order chi connectivity index (χ1) is 7.40. The summed E-state index contributed by atoms with van der Waals surface area (Å²) < 4.78 is 10.3. The summed E-state index contributed by atoms with van der Waals surface area (Å²) in [6, 6.07) is 0. The van der Waals surface area contributed by atoms with Crippen LogP contribution in [0.5, 0.6) is 0 Å². The van der Waals surface area contributed by atoms with Gasteiger partial charge in [0.15, 0.2) is 8.32 Å². The summed E-state index contributed by atoms with van der Waals surface area (Å²) in [5.74, 6) is 1.31. The largest absolute Gasteiger partial charge is 1.00 e. The van der Waals surface area contributed by atoms with Crippen LogP contribution in [-0.4, -0.2) is 19.5 Å². The molecule has 0 saturated carbocycles. The van der Waals surface area contributed by atoms with E-state index in [9.17, 15) is 0 Å². The maximum atomic E-state index is 5.83. The van der Waals surface area contributed by atoms with Gasteiger partial charge in [-0.25, -0.2) is 9.13 Å². The lowest BCUT2D eigenvalue weighted by Gasteiger charge is -2.16. The quantitative estimate of drug-likeness (QED) is 0.380. The molecule has 0 N–H and O–H groups in total. The summed E-state index contributed by atoms with van der Waals surface area (Å²) in [5, 5.41) is 0. The molecule has 100 valence electrons. The highest BCUT2D eigenvalue weighted by Gasteiger charge is 2.13. The Balaban J connectivity index is 0.00000256. The second-order valence-corrected chi connectivity index (χ2v) is 9.83. The third-order valence-corrected chi connectivity index (χ3v) is 3.79. The minimum atomic E-state index is -1.30. The van der Waals surface area contributed by atoms with Crippen molar-refractivity contribution in [2.45, 2.75) is 46.0 Å². The lowest BCUT2D eigenvalue weighted by Crippen LogP contribution is -3.00. The van der Waals surface area contributed by atoms with Crippen molar-refractivity contribution < 1.29 is 21.4 Å². The lowest BCUT2D eigenvalue weighted by molar-refractivity contribution is -0.677. The zero-order valence-electron chi connectivity index (χ0n) is 11.7. The number of halogens is 1. The summed E-state index contributed by atoms with van der Waals surface area (Å²) >= 11 is 0. The van der Waals surface area contributed by atoms with Gasteiger partial charge >= 0.3 is 0 Å². The molecule has 0 aromatic carbocycles. The van der Waals surface area contributed by atoms with Crippen molar-refractivity contribution in [1.82, 2.24) is 4.57 Å². The van der Waals surface area contributed by atoms with E-state index in [-0.39, 0.29) is 12.4 Å². The third kappa shape index (κ3) is 6.24. The van der Waals surface area contributed by atoms with Gasteiger partial charge in [0.2, 0.25) is 0 Å². The highest BCUT2D eigenvalue weighted by molar-refractivity contribution is 6.69. The molecule has 17 heavy (non-hydrogen) atoms. The predicted molar refractivity (Wildman–Crippen MR) is 68.9 cm³/mol. The molecule has 0 unspecified atom stereocenters. The highest BCUT2D eigenvalue weighted by atomic mass is 35.5. The molecule has 0 fully saturated rings. The van der Waals surface area contributed by atoms with E-state index >= 15 is 0 Å². The number of hydrogen-bond donors (Lipinski definition) is 0. The Morgan fingerprint density at radius 1 is 1.29 bits per heavy atom. The van der Waals surface area contributed by atoms with Gasteiger partial charge in [-0.05, 0) is 32.5 Å². The Labute approximate surface area is 112 Å². The highest BCUT2D eigenvalue weighted by Crippen LogP contribution is 2.05. The van der Waals surface area contributed by atoms with Crippen LogP contribution in [0.1, 0.15) is 18.7 Å². The first-order valence-corrected chi connectivity index (χ1v) is 9.46. The molecule has 5 heteroatoms. The Morgan fingerprint density at radius 3 is 2.41 bits per heavy atom. The van der Waals surface area contributed by atoms with Crippen LogP contribution in [0.3, 0.4) is 0 Å². The number of hydrogen-bond acceptors (Lipinski definition) is 1. The predicted octanol–water partition coefficient (Wildman–Crippen LogP) is -0.743. The van der Waals surface area contributed by atoms with Crippen molar-refractivity contribution >= 4 is 8.32 Å². The summed E-state index contributed by atoms with van der Waals surface area (Å²) in [6.07, 6.45) is 6.61. The molecule has 1 aromatic rings. The van der Waals surface area contributed by atoms with Crippen LogP contribution in [0.2, 0.25) is 19.6 Å². The molecule has 0 aliphatic heterocycles. The topological polar surface area (TPSA) is 18.0 Å². The normalized spacial score (nSPS) is 11.4. The van der Waals surface area contributed by atoms with Gasteiger partial charge in [0.25, 0.3) is 5.82 Å². The number of aromatic nitrogens is 2. The Hall–Kier alpha value is -0.323. The minimum absolute atomic E-state index is 0. The molecular formula is C12H25ClN2OSi. The molecule has 0 aliphatic carbocycles. The van der Waals surface area contributed by atoms with Gasteiger partial charge in [-0.2, -0.15) is 0 Å². The molecule has 0 saturated heterocycles. The Morgan fingerprint density at radius 2 is 1.94 bits per heavy atom. The van der Waals surface area contributed by atoms with Crippen molar-refractivity contribution in [2.24, 2.45) is 7.05 Å². The number of aryl methyl sites for hydroxylation is 2. The number of imidazole rings is 1. The van der Waals surface area contributed by atoms with Gasteiger partial charge in [-0.15, -0.1) is 0 Å². The second kappa shape index (κ2) is 7.19. The van der Waals surface area contributed by atoms with Crippen LogP contribution >= 0.6 is 0 Å². The van der Waals surface area contributed by atoms with Gasteiger partial charge in [0.1, 0.15) is 12.4 Å². The van der Waals surface area contributed by atoms with E-state index in [1.807, 2.05) is 0 Å². The summed E-state index contributed by atoms with van der Waals surface area (Å²) in [4.78, 5) is 0. The van der Waals surface area contributed by atoms with E-state index < -0.39 is 8.32 Å². The van der Waals surface area contributed by atoms with Crippen LogP contribution in [-0.2, 0) is 18.0 Å². The fourth-order valence-electron chi connectivity index (χ4n) is 1.60. The van der Waals surface area contributed by atoms with Gasteiger partial charge < -0.3 is 16.8 Å². The van der Waals surface area contributed by atoms with E-state index in [1.165, 1.54) is 12.2 Å². The standard InChI is InChI=1S/C12H25N2OSi.ClH/c1-12-13(2)9-10-14(12)8-6-7-11-15-16(3,4)5;/h9-10H,6-8,11H2,1-5H3;1H/q+1;/p-1. The minimum Gasteiger partial charge on any atom is -1.00 e. The van der Waals surface area contributed by atoms with E-state index in [0.29, 0.717) is 0 Å². The van der Waals surface area contributed by atoms with Crippen LogP contribution < -0.4 is 17.0 Å². The molecule has 0 bridgehead atoms. The van der Waals surface area contributed by atoms with Crippen LogP contribution in [0.15, 0.2) is 12.4 Å². The maximum absolute atomic E-state index is 5.83. The molecule has 0 atom stereocenters. The van der Waals surface area contributed by atoms with Gasteiger partial charge in [-0.3, -0.25) is 0 Å². The van der Waals surface area contributed by atoms with Crippen molar-refractivity contribution in [2.75, 3.05) is 6.61 Å². The Bertz CT molecular complexity index is 334. The monoisotopic (exact) mass is 276 g/mol. The van der Waals surface area contributed by atoms with Crippen molar-refractivity contribution in [3.8, 4) is 0 Å². The lowest BCUT2D eigenvalue weighted by atomic mass is 10.3. The zero-order valence-corrected chi connectivity index (χ0v) is 13.4. The number of unbranched alkanes of at least 4 members (excludes halogenated alkanes) is 1. The molecule has 0 aliphatic rings. The van der Waals surface area contributed by atoms with Crippen molar-refractivity contribution in [1.29, 1.82) is 0 Å². The summed E-state index contributed by atoms with van der Waals surface area (Å²) in [5.41, 5.74) is 0. The van der Waals surface area contributed by atoms with Crippen molar-refractivity contribution in [3.63, 3.8) is 0 Å². The van der Waals surface area contributed by atoms with Crippen LogP contribution in [0.4, 0.5) is 0 Å².